The van der Waals surface area contributed by atoms with Gasteiger partial charge in [0.05, 0.1) is 17.7 Å². The number of rotatable bonds is 10. The summed E-state index contributed by atoms with van der Waals surface area (Å²) >= 11 is 1.36. The third-order valence-corrected chi connectivity index (χ3v) is 7.87. The highest BCUT2D eigenvalue weighted by Gasteiger charge is 2.20. The molecule has 208 valence electrons. The van der Waals surface area contributed by atoms with Crippen molar-refractivity contribution in [2.75, 3.05) is 26.2 Å². The van der Waals surface area contributed by atoms with Crippen LogP contribution in [0.5, 0.6) is 28.7 Å². The Labute approximate surface area is 236 Å². The number of fused-ring (bicyclic) bond motifs is 1. The lowest BCUT2D eigenvalue weighted by Gasteiger charge is -2.26. The molecule has 2 heterocycles. The monoisotopic (exact) mass is 561 g/mol. The van der Waals surface area contributed by atoms with Crippen molar-refractivity contribution in [3.63, 3.8) is 0 Å². The fourth-order valence-electron chi connectivity index (χ4n) is 4.60. The maximum Gasteiger partial charge on any atom is 0.311 e. The van der Waals surface area contributed by atoms with Gasteiger partial charge in [0.1, 0.15) is 29.6 Å². The van der Waals surface area contributed by atoms with Crippen molar-refractivity contribution < 1.29 is 34.0 Å². The number of thiophene rings is 1. The lowest BCUT2D eigenvalue weighted by Crippen LogP contribution is -2.33. The summed E-state index contributed by atoms with van der Waals surface area (Å²) in [6, 6.07) is 18.2. The Balaban J connectivity index is 1.14. The van der Waals surface area contributed by atoms with E-state index in [0.29, 0.717) is 34.1 Å². The van der Waals surface area contributed by atoms with Crippen molar-refractivity contribution in [1.82, 2.24) is 4.90 Å². The molecule has 0 bridgehead atoms. The van der Waals surface area contributed by atoms with E-state index >= 15 is 0 Å². The van der Waals surface area contributed by atoms with Crippen LogP contribution in [0.2, 0.25) is 0 Å². The number of nitrogens with zero attached hydrogens (tertiary/aromatic N) is 1. The molecule has 0 radical (unpaired) electrons. The van der Waals surface area contributed by atoms with Crippen molar-refractivity contribution >= 4 is 33.4 Å². The third-order valence-electron chi connectivity index (χ3n) is 6.69. The van der Waals surface area contributed by atoms with Gasteiger partial charge in [0, 0.05) is 16.6 Å². The standard InChI is InChI=1S/C31H31NO7S/c33-22-6-4-21(5-7-22)31-30(26-13-8-23(34)20-27(26)40-31)39-29(36)15-14-28(35)38-25-11-9-24(10-12-25)37-19-18-32-16-2-1-3-17-32/h4-13,20,33-34H,1-3,14-19H2. The minimum atomic E-state index is -0.581. The molecule has 9 heteroatoms. The predicted molar refractivity (Wildman–Crippen MR) is 153 cm³/mol. The van der Waals surface area contributed by atoms with E-state index in [1.54, 1.807) is 60.7 Å². The van der Waals surface area contributed by atoms with Gasteiger partial charge in [0.25, 0.3) is 0 Å². The molecule has 1 fully saturated rings. The number of carbonyl (C=O) groups is 2. The molecule has 1 aliphatic heterocycles. The molecular formula is C31H31NO7S. The van der Waals surface area contributed by atoms with Crippen LogP contribution >= 0.6 is 11.3 Å². The van der Waals surface area contributed by atoms with E-state index in [1.165, 1.54) is 36.7 Å². The van der Waals surface area contributed by atoms with Crippen LogP contribution in [0, 0.1) is 0 Å². The molecule has 3 aromatic carbocycles. The van der Waals surface area contributed by atoms with Gasteiger partial charge >= 0.3 is 11.9 Å². The van der Waals surface area contributed by atoms with E-state index in [2.05, 4.69) is 4.90 Å². The Kier molecular flexibility index (Phi) is 8.83. The number of hydrogen-bond acceptors (Lipinski definition) is 9. The highest BCUT2D eigenvalue weighted by Crippen LogP contribution is 2.45. The largest absolute Gasteiger partial charge is 0.508 e. The first kappa shape index (κ1) is 27.5. The Hall–Kier alpha value is -4.08. The summed E-state index contributed by atoms with van der Waals surface area (Å²) in [4.78, 5) is 28.2. The summed E-state index contributed by atoms with van der Waals surface area (Å²) < 4.78 is 17.7. The maximum absolute atomic E-state index is 12.7. The highest BCUT2D eigenvalue weighted by atomic mass is 32.1. The molecule has 0 spiro atoms. The van der Waals surface area contributed by atoms with Gasteiger partial charge in [0.2, 0.25) is 0 Å². The normalized spacial score (nSPS) is 13.7. The van der Waals surface area contributed by atoms with Crippen LogP contribution in [0.1, 0.15) is 32.1 Å². The Morgan fingerprint density at radius 2 is 1.43 bits per heavy atom. The number of likely N-dealkylation sites (tertiary alicyclic amines) is 1. The zero-order chi connectivity index (χ0) is 27.9. The second kappa shape index (κ2) is 12.8. The summed E-state index contributed by atoms with van der Waals surface area (Å²) in [7, 11) is 0. The summed E-state index contributed by atoms with van der Waals surface area (Å²) in [6.45, 7) is 3.75. The van der Waals surface area contributed by atoms with E-state index in [9.17, 15) is 19.8 Å². The van der Waals surface area contributed by atoms with Crippen LogP contribution in [-0.4, -0.2) is 53.3 Å². The molecule has 1 aromatic heterocycles. The van der Waals surface area contributed by atoms with Crippen LogP contribution in [-0.2, 0) is 9.59 Å². The Bertz CT molecular complexity index is 1460. The summed E-state index contributed by atoms with van der Waals surface area (Å²) in [5.74, 6) is 0.524. The van der Waals surface area contributed by atoms with Crippen molar-refractivity contribution in [2.45, 2.75) is 32.1 Å². The number of esters is 2. The minimum Gasteiger partial charge on any atom is -0.508 e. The third kappa shape index (κ3) is 7.11. The highest BCUT2D eigenvalue weighted by molar-refractivity contribution is 7.22. The first-order valence-electron chi connectivity index (χ1n) is 13.4. The van der Waals surface area contributed by atoms with Crippen molar-refractivity contribution in [1.29, 1.82) is 0 Å². The SMILES string of the molecule is O=C(CCC(=O)Oc1c(-c2ccc(O)cc2)sc2cc(O)ccc12)Oc1ccc(OCCN2CCCCC2)cc1. The average Bonchev–Trinajstić information content (AvgIpc) is 3.30. The fraction of sp³-hybridized carbons (Fsp3) is 0.290. The van der Waals surface area contributed by atoms with Gasteiger partial charge in [0.15, 0.2) is 5.75 Å². The zero-order valence-corrected chi connectivity index (χ0v) is 22.8. The van der Waals surface area contributed by atoms with Crippen LogP contribution in [0.15, 0.2) is 66.7 Å². The molecule has 1 saturated heterocycles. The molecule has 0 amide bonds. The predicted octanol–water partition coefficient (Wildman–Crippen LogP) is 6.14. The second-order valence-corrected chi connectivity index (χ2v) is 10.7. The van der Waals surface area contributed by atoms with Gasteiger partial charge in [-0.05, 0) is 98.2 Å². The van der Waals surface area contributed by atoms with E-state index in [4.69, 9.17) is 14.2 Å². The second-order valence-electron chi connectivity index (χ2n) is 9.66. The molecule has 0 aliphatic carbocycles. The van der Waals surface area contributed by atoms with Crippen LogP contribution in [0.4, 0.5) is 0 Å². The van der Waals surface area contributed by atoms with E-state index in [0.717, 1.165) is 29.9 Å². The van der Waals surface area contributed by atoms with Gasteiger partial charge in [-0.2, -0.15) is 0 Å². The summed E-state index contributed by atoms with van der Waals surface area (Å²) in [5.41, 5.74) is 0.750. The molecule has 4 aromatic rings. The lowest BCUT2D eigenvalue weighted by molar-refractivity contribution is -0.140. The molecule has 5 rings (SSSR count). The van der Waals surface area contributed by atoms with Crippen LogP contribution < -0.4 is 14.2 Å². The zero-order valence-electron chi connectivity index (χ0n) is 22.0. The summed E-state index contributed by atoms with van der Waals surface area (Å²) in [5, 5.41) is 20.2. The number of phenolic OH excluding ortho intramolecular Hbond substituents is 2. The van der Waals surface area contributed by atoms with Crippen molar-refractivity contribution in [3.8, 4) is 39.2 Å². The van der Waals surface area contributed by atoms with E-state index in [-0.39, 0.29) is 24.3 Å². The van der Waals surface area contributed by atoms with Crippen molar-refractivity contribution in [2.24, 2.45) is 0 Å². The van der Waals surface area contributed by atoms with Crippen LogP contribution in [0.25, 0.3) is 20.5 Å². The van der Waals surface area contributed by atoms with Gasteiger partial charge in [-0.15, -0.1) is 11.3 Å². The number of carbonyl (C=O) groups excluding carboxylic acids is 2. The van der Waals surface area contributed by atoms with E-state index in [1.807, 2.05) is 0 Å². The summed E-state index contributed by atoms with van der Waals surface area (Å²) in [6.07, 6.45) is 3.48. The molecular weight excluding hydrogens is 530 g/mol. The topological polar surface area (TPSA) is 106 Å². The average molecular weight is 562 g/mol. The first-order chi connectivity index (χ1) is 19.4. The molecule has 1 aliphatic rings. The van der Waals surface area contributed by atoms with Crippen LogP contribution in [0.3, 0.4) is 0 Å². The molecule has 0 saturated carbocycles. The lowest BCUT2D eigenvalue weighted by atomic mass is 10.1. The Morgan fingerprint density at radius 3 is 2.15 bits per heavy atom. The first-order valence-corrected chi connectivity index (χ1v) is 14.2. The molecule has 0 unspecified atom stereocenters. The Morgan fingerprint density at radius 1 is 0.775 bits per heavy atom. The minimum absolute atomic E-state index is 0.101. The van der Waals surface area contributed by atoms with Gasteiger partial charge in [-0.25, -0.2) is 0 Å². The maximum atomic E-state index is 12.7. The number of hydrogen-bond donors (Lipinski definition) is 2. The van der Waals surface area contributed by atoms with Gasteiger partial charge in [-0.1, -0.05) is 6.42 Å². The number of phenols is 2. The number of benzene rings is 3. The molecule has 40 heavy (non-hydrogen) atoms. The molecule has 8 nitrogen and oxygen atoms in total. The number of piperidine rings is 1. The number of aromatic hydroxyl groups is 2. The van der Waals surface area contributed by atoms with Gasteiger partial charge in [-0.3, -0.25) is 14.5 Å². The quantitative estimate of drug-likeness (QED) is 0.176. The van der Waals surface area contributed by atoms with Crippen molar-refractivity contribution in [3.05, 3.63) is 66.7 Å². The smallest absolute Gasteiger partial charge is 0.311 e. The van der Waals surface area contributed by atoms with Gasteiger partial charge < -0.3 is 24.4 Å². The molecule has 0 atom stereocenters. The fourth-order valence-corrected chi connectivity index (χ4v) is 5.77. The number of ether oxygens (including phenoxy) is 3. The molecule has 2 N–H and O–H groups in total. The van der Waals surface area contributed by atoms with E-state index < -0.39 is 11.9 Å².